The van der Waals surface area contributed by atoms with E-state index in [1.807, 2.05) is 12.1 Å². The predicted octanol–water partition coefficient (Wildman–Crippen LogP) is 3.32. The van der Waals surface area contributed by atoms with E-state index in [4.69, 9.17) is 4.42 Å². The average molecular weight is 274 g/mol. The fraction of sp³-hybridized carbons (Fsp3) is 0.467. The van der Waals surface area contributed by atoms with Crippen molar-refractivity contribution in [1.29, 1.82) is 0 Å². The van der Waals surface area contributed by atoms with Crippen molar-refractivity contribution in [2.75, 3.05) is 5.32 Å². The molecule has 108 valence electrons. The van der Waals surface area contributed by atoms with Crippen LogP contribution >= 0.6 is 0 Å². The van der Waals surface area contributed by atoms with Gasteiger partial charge in [-0.15, -0.1) is 5.10 Å². The molecule has 0 bridgehead atoms. The van der Waals surface area contributed by atoms with Crippen LogP contribution in [0.1, 0.15) is 37.8 Å². The highest BCUT2D eigenvalue weighted by atomic mass is 16.4. The van der Waals surface area contributed by atoms with Gasteiger partial charge in [0.15, 0.2) is 0 Å². The Morgan fingerprint density at radius 1 is 1.05 bits per heavy atom. The Bertz CT molecular complexity index is 564. The largest absolute Gasteiger partial charge is 0.406 e. The van der Waals surface area contributed by atoms with Crippen molar-refractivity contribution in [3.8, 4) is 0 Å². The number of nitrogens with one attached hydrogen (secondary N) is 2. The Morgan fingerprint density at radius 2 is 1.70 bits per heavy atom. The number of rotatable bonds is 4. The first-order valence-electron chi connectivity index (χ1n) is 6.74. The summed E-state index contributed by atoms with van der Waals surface area (Å²) in [4.78, 5) is 0. The molecule has 5 nitrogen and oxygen atoms in total. The van der Waals surface area contributed by atoms with Gasteiger partial charge in [-0.25, -0.2) is 0 Å². The lowest BCUT2D eigenvalue weighted by atomic mass is 10.1. The molecule has 0 unspecified atom stereocenters. The maximum Gasteiger partial charge on any atom is 0.320 e. The Hall–Kier alpha value is -1.88. The van der Waals surface area contributed by atoms with Crippen molar-refractivity contribution >= 4 is 11.7 Å². The molecule has 5 heteroatoms. The van der Waals surface area contributed by atoms with E-state index in [0.29, 0.717) is 18.5 Å². The number of anilines is 2. The summed E-state index contributed by atoms with van der Waals surface area (Å²) in [5.41, 5.74) is 3.38. The highest BCUT2D eigenvalue weighted by Gasteiger charge is 2.12. The van der Waals surface area contributed by atoms with E-state index in [1.165, 1.54) is 11.1 Å². The first kappa shape index (κ1) is 14.5. The molecule has 20 heavy (non-hydrogen) atoms. The number of hydrogen-bond acceptors (Lipinski definition) is 5. The van der Waals surface area contributed by atoms with Crippen molar-refractivity contribution in [2.45, 2.75) is 46.7 Å². The van der Waals surface area contributed by atoms with Crippen LogP contribution in [-0.2, 0) is 6.54 Å². The normalized spacial score (nSPS) is 11.7. The van der Waals surface area contributed by atoms with Gasteiger partial charge in [0.2, 0.25) is 5.89 Å². The lowest BCUT2D eigenvalue weighted by molar-refractivity contribution is 0.384. The van der Waals surface area contributed by atoms with Gasteiger partial charge in [0.25, 0.3) is 0 Å². The first-order valence-corrected chi connectivity index (χ1v) is 6.74. The van der Waals surface area contributed by atoms with Gasteiger partial charge in [0.05, 0.1) is 6.54 Å². The zero-order valence-electron chi connectivity index (χ0n) is 12.7. The molecule has 2 N–H and O–H groups in total. The molecule has 0 aliphatic carbocycles. The van der Waals surface area contributed by atoms with E-state index in [2.05, 4.69) is 61.5 Å². The van der Waals surface area contributed by atoms with Gasteiger partial charge in [-0.1, -0.05) is 11.2 Å². The van der Waals surface area contributed by atoms with Crippen molar-refractivity contribution in [3.63, 3.8) is 0 Å². The molecule has 0 saturated heterocycles. The minimum absolute atomic E-state index is 0.0235. The van der Waals surface area contributed by atoms with Crippen LogP contribution in [0.4, 0.5) is 11.7 Å². The summed E-state index contributed by atoms with van der Waals surface area (Å²) in [5, 5.41) is 14.5. The summed E-state index contributed by atoms with van der Waals surface area (Å²) in [6.45, 7) is 11.0. The molecule has 0 fully saturated rings. The SMILES string of the molecule is Cc1cc(C)cc(Nc2nnc(CNC(C)(C)C)o2)c1. The zero-order chi connectivity index (χ0) is 14.8. The molecule has 1 aromatic carbocycles. The minimum Gasteiger partial charge on any atom is -0.406 e. The van der Waals surface area contributed by atoms with Crippen LogP contribution < -0.4 is 10.6 Å². The Kier molecular flexibility index (Phi) is 4.09. The highest BCUT2D eigenvalue weighted by molar-refractivity contribution is 5.54. The number of hydrogen-bond donors (Lipinski definition) is 2. The smallest absolute Gasteiger partial charge is 0.320 e. The van der Waals surface area contributed by atoms with E-state index in [-0.39, 0.29) is 5.54 Å². The fourth-order valence-corrected chi connectivity index (χ4v) is 1.89. The average Bonchev–Trinajstić information content (AvgIpc) is 2.72. The van der Waals surface area contributed by atoms with Gasteiger partial charge in [-0.3, -0.25) is 0 Å². The molecule has 2 aromatic rings. The molecule has 0 atom stereocenters. The number of aromatic nitrogens is 2. The van der Waals surface area contributed by atoms with Gasteiger partial charge in [0.1, 0.15) is 0 Å². The topological polar surface area (TPSA) is 63.0 Å². The quantitative estimate of drug-likeness (QED) is 0.895. The van der Waals surface area contributed by atoms with Gasteiger partial charge in [-0.2, -0.15) is 0 Å². The molecule has 0 amide bonds. The van der Waals surface area contributed by atoms with Crippen molar-refractivity contribution in [2.24, 2.45) is 0 Å². The van der Waals surface area contributed by atoms with Crippen molar-refractivity contribution in [1.82, 2.24) is 15.5 Å². The van der Waals surface area contributed by atoms with Gasteiger partial charge in [-0.05, 0) is 57.9 Å². The lowest BCUT2D eigenvalue weighted by Gasteiger charge is -2.18. The summed E-state index contributed by atoms with van der Waals surface area (Å²) in [6, 6.07) is 6.63. The molecular weight excluding hydrogens is 252 g/mol. The molecule has 0 saturated carbocycles. The molecule has 0 radical (unpaired) electrons. The third kappa shape index (κ3) is 4.35. The number of aryl methyl sites for hydroxylation is 2. The summed E-state index contributed by atoms with van der Waals surface area (Å²) < 4.78 is 5.57. The van der Waals surface area contributed by atoms with Crippen LogP contribution in [0, 0.1) is 13.8 Å². The summed E-state index contributed by atoms with van der Waals surface area (Å²) in [5.74, 6) is 0.576. The highest BCUT2D eigenvalue weighted by Crippen LogP contribution is 2.18. The monoisotopic (exact) mass is 274 g/mol. The Balaban J connectivity index is 2.02. The standard InChI is InChI=1S/C15H22N4O/c1-10-6-11(2)8-12(7-10)17-14-19-18-13(20-14)9-16-15(3,4)5/h6-8,16H,9H2,1-5H3,(H,17,19). The van der Waals surface area contributed by atoms with Gasteiger partial charge in [0, 0.05) is 11.2 Å². The summed E-state index contributed by atoms with van der Waals surface area (Å²) >= 11 is 0. The first-order chi connectivity index (χ1) is 9.32. The molecular formula is C15H22N4O. The second kappa shape index (κ2) is 5.63. The zero-order valence-corrected chi connectivity index (χ0v) is 12.7. The summed E-state index contributed by atoms with van der Waals surface area (Å²) in [7, 11) is 0. The van der Waals surface area contributed by atoms with Crippen LogP contribution in [0.5, 0.6) is 0 Å². The molecule has 1 heterocycles. The van der Waals surface area contributed by atoms with Crippen LogP contribution in [0.25, 0.3) is 0 Å². The van der Waals surface area contributed by atoms with Crippen LogP contribution in [-0.4, -0.2) is 15.7 Å². The van der Waals surface area contributed by atoms with E-state index < -0.39 is 0 Å². The molecule has 0 aliphatic heterocycles. The molecule has 0 spiro atoms. The van der Waals surface area contributed by atoms with Crippen molar-refractivity contribution in [3.05, 3.63) is 35.2 Å². The minimum atomic E-state index is 0.0235. The second-order valence-electron chi connectivity index (χ2n) is 6.11. The van der Waals surface area contributed by atoms with E-state index in [1.54, 1.807) is 0 Å². The Morgan fingerprint density at radius 3 is 2.30 bits per heavy atom. The van der Waals surface area contributed by atoms with Gasteiger partial charge < -0.3 is 15.1 Å². The molecule has 1 aromatic heterocycles. The lowest BCUT2D eigenvalue weighted by Crippen LogP contribution is -2.35. The third-order valence-electron chi connectivity index (χ3n) is 2.71. The number of nitrogens with zero attached hydrogens (tertiary/aromatic N) is 2. The fourth-order valence-electron chi connectivity index (χ4n) is 1.89. The van der Waals surface area contributed by atoms with E-state index in [0.717, 1.165) is 5.69 Å². The number of benzene rings is 1. The molecule has 2 rings (SSSR count). The van der Waals surface area contributed by atoms with Crippen LogP contribution in [0.15, 0.2) is 22.6 Å². The second-order valence-corrected chi connectivity index (χ2v) is 6.11. The summed E-state index contributed by atoms with van der Waals surface area (Å²) in [6.07, 6.45) is 0. The maximum atomic E-state index is 5.57. The van der Waals surface area contributed by atoms with Crippen LogP contribution in [0.3, 0.4) is 0 Å². The molecule has 0 aliphatic rings. The third-order valence-corrected chi connectivity index (χ3v) is 2.71. The van der Waals surface area contributed by atoms with Crippen molar-refractivity contribution < 1.29 is 4.42 Å². The predicted molar refractivity (Wildman–Crippen MR) is 80.1 cm³/mol. The van der Waals surface area contributed by atoms with E-state index in [9.17, 15) is 0 Å². The van der Waals surface area contributed by atoms with E-state index >= 15 is 0 Å². The van der Waals surface area contributed by atoms with Gasteiger partial charge >= 0.3 is 6.01 Å². The Labute approximate surface area is 119 Å². The van der Waals surface area contributed by atoms with Crippen LogP contribution in [0.2, 0.25) is 0 Å². The maximum absolute atomic E-state index is 5.57.